The lowest BCUT2D eigenvalue weighted by Crippen LogP contribution is -2.18. The average molecular weight is 386 g/mol. The van der Waals surface area contributed by atoms with Crippen molar-refractivity contribution in [3.05, 3.63) is 87.2 Å². The topological polar surface area (TPSA) is 46.4 Å². The quantitative estimate of drug-likeness (QED) is 0.488. The van der Waals surface area contributed by atoms with Gasteiger partial charge in [-0.05, 0) is 44.2 Å². The van der Waals surface area contributed by atoms with Gasteiger partial charge in [-0.25, -0.2) is 5.43 Å². The van der Waals surface area contributed by atoms with Gasteiger partial charge in [-0.3, -0.25) is 4.79 Å². The van der Waals surface area contributed by atoms with Crippen LogP contribution in [0.2, 0.25) is 10.0 Å². The maximum Gasteiger partial charge on any atom is 0.272 e. The van der Waals surface area contributed by atoms with Crippen LogP contribution in [0.5, 0.6) is 0 Å². The second kappa shape index (κ2) is 7.77. The lowest BCUT2D eigenvalue weighted by Gasteiger charge is -2.11. The zero-order chi connectivity index (χ0) is 18.7. The number of aromatic nitrogens is 1. The number of halogens is 2. The average Bonchev–Trinajstić information content (AvgIpc) is 2.90. The molecule has 0 saturated heterocycles. The van der Waals surface area contributed by atoms with E-state index >= 15 is 0 Å². The van der Waals surface area contributed by atoms with E-state index in [2.05, 4.69) is 15.1 Å². The van der Waals surface area contributed by atoms with E-state index < -0.39 is 0 Å². The van der Waals surface area contributed by atoms with Gasteiger partial charge in [0.15, 0.2) is 0 Å². The number of nitrogens with zero attached hydrogens (tertiary/aromatic N) is 2. The standard InChI is InChI=1S/C20H17Cl2N3O/c1-13-11-15(14(2)25(13)19-10-6-5-9-18(19)22)12-23-24-20(26)16-7-3-4-8-17(16)21/h3-12H,1-2H3,(H,24,26)/b23-12-. The first-order chi connectivity index (χ1) is 12.5. The molecular weight excluding hydrogens is 369 g/mol. The summed E-state index contributed by atoms with van der Waals surface area (Å²) in [5.41, 5.74) is 6.69. The number of benzene rings is 2. The van der Waals surface area contributed by atoms with Gasteiger partial charge in [-0.2, -0.15) is 5.10 Å². The van der Waals surface area contributed by atoms with Crippen molar-refractivity contribution in [3.8, 4) is 5.69 Å². The number of nitrogens with one attached hydrogen (secondary N) is 1. The van der Waals surface area contributed by atoms with Crippen LogP contribution in [0, 0.1) is 13.8 Å². The molecule has 0 radical (unpaired) electrons. The molecule has 3 aromatic rings. The molecule has 6 heteroatoms. The van der Waals surface area contributed by atoms with Gasteiger partial charge >= 0.3 is 0 Å². The summed E-state index contributed by atoms with van der Waals surface area (Å²) < 4.78 is 2.06. The zero-order valence-corrected chi connectivity index (χ0v) is 15.8. The number of hydrazone groups is 1. The molecule has 0 atom stereocenters. The summed E-state index contributed by atoms with van der Waals surface area (Å²) in [6, 6.07) is 16.5. The largest absolute Gasteiger partial charge is 0.316 e. The Kier molecular flexibility index (Phi) is 5.45. The van der Waals surface area contributed by atoms with Crippen LogP contribution in [-0.4, -0.2) is 16.7 Å². The van der Waals surface area contributed by atoms with Gasteiger partial charge in [0.1, 0.15) is 0 Å². The molecule has 0 fully saturated rings. The van der Waals surface area contributed by atoms with Crippen molar-refractivity contribution >= 4 is 35.3 Å². The predicted octanol–water partition coefficient (Wildman–Crippen LogP) is 5.16. The lowest BCUT2D eigenvalue weighted by atomic mass is 10.2. The highest BCUT2D eigenvalue weighted by atomic mass is 35.5. The molecule has 1 aromatic heterocycles. The van der Waals surface area contributed by atoms with Crippen LogP contribution in [0.4, 0.5) is 0 Å². The number of hydrogen-bond acceptors (Lipinski definition) is 2. The molecule has 26 heavy (non-hydrogen) atoms. The summed E-state index contributed by atoms with van der Waals surface area (Å²) in [4.78, 5) is 12.1. The van der Waals surface area contributed by atoms with Crippen molar-refractivity contribution in [3.63, 3.8) is 0 Å². The number of carbonyl (C=O) groups is 1. The van der Waals surface area contributed by atoms with Gasteiger partial charge in [0, 0.05) is 17.0 Å². The van der Waals surface area contributed by atoms with Gasteiger partial charge in [-0.1, -0.05) is 47.5 Å². The molecule has 132 valence electrons. The summed E-state index contributed by atoms with van der Waals surface area (Å²) >= 11 is 12.3. The third-order valence-corrected chi connectivity index (χ3v) is 4.70. The minimum absolute atomic E-state index is 0.355. The Labute approximate surface area is 162 Å². The number of amides is 1. The van der Waals surface area contributed by atoms with E-state index in [0.29, 0.717) is 15.6 Å². The van der Waals surface area contributed by atoms with E-state index in [0.717, 1.165) is 22.6 Å². The molecule has 1 heterocycles. The summed E-state index contributed by atoms with van der Waals surface area (Å²) in [7, 11) is 0. The molecule has 3 rings (SSSR count). The van der Waals surface area contributed by atoms with Crippen LogP contribution >= 0.6 is 23.2 Å². The zero-order valence-electron chi connectivity index (χ0n) is 14.3. The Bertz CT molecular complexity index is 992. The maximum absolute atomic E-state index is 12.1. The van der Waals surface area contributed by atoms with Crippen LogP contribution in [0.3, 0.4) is 0 Å². The monoisotopic (exact) mass is 385 g/mol. The molecule has 1 N–H and O–H groups in total. The van der Waals surface area contributed by atoms with E-state index in [1.54, 1.807) is 30.5 Å². The molecule has 4 nitrogen and oxygen atoms in total. The van der Waals surface area contributed by atoms with Crippen molar-refractivity contribution < 1.29 is 4.79 Å². The fourth-order valence-electron chi connectivity index (χ4n) is 2.79. The molecule has 0 aliphatic carbocycles. The van der Waals surface area contributed by atoms with Crippen LogP contribution < -0.4 is 5.43 Å². The maximum atomic E-state index is 12.1. The number of aryl methyl sites for hydroxylation is 1. The Morgan fingerprint density at radius 2 is 1.69 bits per heavy atom. The van der Waals surface area contributed by atoms with E-state index in [-0.39, 0.29) is 5.91 Å². The molecule has 0 aliphatic heterocycles. The van der Waals surface area contributed by atoms with Gasteiger partial charge in [0.25, 0.3) is 5.91 Å². The van der Waals surface area contributed by atoms with Gasteiger partial charge in [0.2, 0.25) is 0 Å². The highest BCUT2D eigenvalue weighted by Gasteiger charge is 2.12. The van der Waals surface area contributed by atoms with Gasteiger partial charge < -0.3 is 4.57 Å². The molecule has 1 amide bonds. The molecular formula is C20H17Cl2N3O. The number of hydrogen-bond donors (Lipinski definition) is 1. The third kappa shape index (κ3) is 3.66. The number of carbonyl (C=O) groups excluding carboxylic acids is 1. The molecule has 0 spiro atoms. The van der Waals surface area contributed by atoms with Crippen molar-refractivity contribution in [2.45, 2.75) is 13.8 Å². The third-order valence-electron chi connectivity index (χ3n) is 4.05. The number of rotatable bonds is 4. The first kappa shape index (κ1) is 18.2. The molecule has 0 aliphatic rings. The Hall–Kier alpha value is -2.56. The normalized spacial score (nSPS) is 11.1. The van der Waals surface area contributed by atoms with E-state index in [1.165, 1.54) is 0 Å². The first-order valence-corrected chi connectivity index (χ1v) is 8.76. The number of para-hydroxylation sites is 1. The van der Waals surface area contributed by atoms with Gasteiger partial charge in [-0.15, -0.1) is 0 Å². The van der Waals surface area contributed by atoms with E-state index in [1.807, 2.05) is 44.2 Å². The minimum Gasteiger partial charge on any atom is -0.316 e. The van der Waals surface area contributed by atoms with Crippen molar-refractivity contribution in [2.24, 2.45) is 5.10 Å². The minimum atomic E-state index is -0.355. The van der Waals surface area contributed by atoms with Crippen LogP contribution in [0.15, 0.2) is 59.7 Å². The highest BCUT2D eigenvalue weighted by Crippen LogP contribution is 2.25. The van der Waals surface area contributed by atoms with Crippen molar-refractivity contribution in [1.82, 2.24) is 9.99 Å². The van der Waals surface area contributed by atoms with Crippen LogP contribution in [0.1, 0.15) is 27.3 Å². The fourth-order valence-corrected chi connectivity index (χ4v) is 3.23. The second-order valence-electron chi connectivity index (χ2n) is 5.79. The first-order valence-electron chi connectivity index (χ1n) is 8.01. The van der Waals surface area contributed by atoms with Crippen LogP contribution in [0.25, 0.3) is 5.69 Å². The predicted molar refractivity (Wildman–Crippen MR) is 107 cm³/mol. The van der Waals surface area contributed by atoms with E-state index in [4.69, 9.17) is 23.2 Å². The SMILES string of the molecule is Cc1cc(/C=N\NC(=O)c2ccccc2Cl)c(C)n1-c1ccccc1Cl. The van der Waals surface area contributed by atoms with Crippen LogP contribution in [-0.2, 0) is 0 Å². The fraction of sp³-hybridized carbons (Fsp3) is 0.100. The second-order valence-corrected chi connectivity index (χ2v) is 6.61. The van der Waals surface area contributed by atoms with E-state index in [9.17, 15) is 4.79 Å². The Morgan fingerprint density at radius 3 is 2.38 bits per heavy atom. The molecule has 0 bridgehead atoms. The molecule has 0 unspecified atom stereocenters. The van der Waals surface area contributed by atoms with Crippen molar-refractivity contribution in [2.75, 3.05) is 0 Å². The smallest absolute Gasteiger partial charge is 0.272 e. The summed E-state index contributed by atoms with van der Waals surface area (Å²) in [6.45, 7) is 3.98. The Morgan fingerprint density at radius 1 is 1.04 bits per heavy atom. The molecule has 0 saturated carbocycles. The lowest BCUT2D eigenvalue weighted by molar-refractivity contribution is 0.0955. The molecule has 2 aromatic carbocycles. The highest BCUT2D eigenvalue weighted by molar-refractivity contribution is 6.33. The Balaban J connectivity index is 1.82. The summed E-state index contributed by atoms with van der Waals surface area (Å²) in [5.74, 6) is -0.355. The summed E-state index contributed by atoms with van der Waals surface area (Å²) in [5, 5.41) is 5.12. The van der Waals surface area contributed by atoms with Crippen molar-refractivity contribution in [1.29, 1.82) is 0 Å². The summed E-state index contributed by atoms with van der Waals surface area (Å²) in [6.07, 6.45) is 1.62. The van der Waals surface area contributed by atoms with Gasteiger partial charge in [0.05, 0.1) is 27.5 Å².